The van der Waals surface area contributed by atoms with E-state index in [1.807, 2.05) is 13.8 Å². The minimum absolute atomic E-state index is 0.0972. The zero-order chi connectivity index (χ0) is 20.4. The van der Waals surface area contributed by atoms with Crippen LogP contribution in [-0.2, 0) is 14.4 Å². The first-order valence-electron chi connectivity index (χ1n) is 9.57. The predicted molar refractivity (Wildman–Crippen MR) is 99.7 cm³/mol. The number of nitrogens with two attached hydrogens (primary N) is 1. The Morgan fingerprint density at radius 1 is 1.07 bits per heavy atom. The molecule has 1 aliphatic rings. The number of carbonyl (C=O) groups excluding carboxylic acids is 3. The summed E-state index contributed by atoms with van der Waals surface area (Å²) in [5.41, 5.74) is 5.37. The van der Waals surface area contributed by atoms with Crippen LogP contribution in [0.2, 0.25) is 0 Å². The quantitative estimate of drug-likeness (QED) is 0.333. The van der Waals surface area contributed by atoms with Crippen molar-refractivity contribution in [2.24, 2.45) is 17.6 Å². The van der Waals surface area contributed by atoms with E-state index in [0.29, 0.717) is 12.8 Å². The summed E-state index contributed by atoms with van der Waals surface area (Å²) >= 11 is 0. The summed E-state index contributed by atoms with van der Waals surface area (Å²) in [4.78, 5) is 47.2. The van der Waals surface area contributed by atoms with Crippen LogP contribution in [0.5, 0.6) is 0 Å². The molecule has 0 radical (unpaired) electrons. The Kier molecular flexibility index (Phi) is 9.60. The maximum Gasteiger partial charge on any atom is 0.404 e. The molecule has 0 aromatic heterocycles. The van der Waals surface area contributed by atoms with Gasteiger partial charge in [0, 0.05) is 12.5 Å². The highest BCUT2D eigenvalue weighted by Gasteiger charge is 2.29. The number of carboxylic acid groups (broad SMARTS) is 1. The molecule has 0 aromatic rings. The van der Waals surface area contributed by atoms with Crippen molar-refractivity contribution in [1.82, 2.24) is 16.0 Å². The van der Waals surface area contributed by atoms with E-state index in [4.69, 9.17) is 10.8 Å². The van der Waals surface area contributed by atoms with Gasteiger partial charge in [0.1, 0.15) is 12.1 Å². The lowest BCUT2D eigenvalue weighted by Crippen LogP contribution is -2.54. The summed E-state index contributed by atoms with van der Waals surface area (Å²) in [6.45, 7) is 4.00. The highest BCUT2D eigenvalue weighted by Crippen LogP contribution is 2.24. The van der Waals surface area contributed by atoms with Gasteiger partial charge < -0.3 is 26.8 Å². The van der Waals surface area contributed by atoms with Gasteiger partial charge in [0.15, 0.2) is 0 Å². The molecule has 1 saturated carbocycles. The fraction of sp³-hybridized carbons (Fsp3) is 0.778. The Morgan fingerprint density at radius 2 is 1.70 bits per heavy atom. The number of carbonyl (C=O) groups is 4. The van der Waals surface area contributed by atoms with E-state index in [-0.39, 0.29) is 30.7 Å². The largest absolute Gasteiger partial charge is 0.465 e. The second-order valence-electron chi connectivity index (χ2n) is 7.51. The molecule has 0 aliphatic heterocycles. The Hall–Kier alpha value is -2.32. The molecule has 0 bridgehead atoms. The van der Waals surface area contributed by atoms with Gasteiger partial charge in [-0.15, -0.1) is 0 Å². The van der Waals surface area contributed by atoms with Crippen molar-refractivity contribution in [2.45, 2.75) is 70.9 Å². The summed E-state index contributed by atoms with van der Waals surface area (Å²) in [6, 6.07) is -1.64. The van der Waals surface area contributed by atoms with Gasteiger partial charge in [-0.05, 0) is 38.0 Å². The third-order valence-corrected chi connectivity index (χ3v) is 4.67. The normalized spacial score (nSPS) is 16.6. The topological polar surface area (TPSA) is 151 Å². The first-order valence-corrected chi connectivity index (χ1v) is 9.57. The standard InChI is InChI=1S/C18H32N4O5/c1-11(2)10-14(15(19)23)22-17(25)13(8-5-9-20-18(26)27)21-16(24)12-6-3-4-7-12/h11-14,20H,3-10H2,1-2H3,(H2,19,23)(H,21,24)(H,22,25)(H,26,27). The molecule has 0 saturated heterocycles. The molecule has 154 valence electrons. The predicted octanol–water partition coefficient (Wildman–Crippen LogP) is 0.725. The average Bonchev–Trinajstić information content (AvgIpc) is 3.10. The van der Waals surface area contributed by atoms with Crippen LogP contribution in [0.4, 0.5) is 4.79 Å². The molecule has 2 unspecified atom stereocenters. The van der Waals surface area contributed by atoms with E-state index in [2.05, 4.69) is 16.0 Å². The van der Waals surface area contributed by atoms with Crippen LogP contribution in [0.1, 0.15) is 58.8 Å². The van der Waals surface area contributed by atoms with Gasteiger partial charge >= 0.3 is 6.09 Å². The molecule has 4 amide bonds. The molecular weight excluding hydrogens is 352 g/mol. The van der Waals surface area contributed by atoms with Crippen molar-refractivity contribution >= 4 is 23.8 Å². The van der Waals surface area contributed by atoms with Crippen molar-refractivity contribution in [3.63, 3.8) is 0 Å². The maximum absolute atomic E-state index is 12.6. The Balaban J connectivity index is 2.70. The monoisotopic (exact) mass is 384 g/mol. The van der Waals surface area contributed by atoms with Crippen LogP contribution < -0.4 is 21.7 Å². The van der Waals surface area contributed by atoms with Gasteiger partial charge in [-0.1, -0.05) is 26.7 Å². The molecule has 9 heteroatoms. The molecule has 6 N–H and O–H groups in total. The first-order chi connectivity index (χ1) is 12.7. The second-order valence-corrected chi connectivity index (χ2v) is 7.51. The van der Waals surface area contributed by atoms with Crippen molar-refractivity contribution in [2.75, 3.05) is 6.54 Å². The van der Waals surface area contributed by atoms with Crippen LogP contribution in [0, 0.1) is 11.8 Å². The van der Waals surface area contributed by atoms with Crippen LogP contribution in [0.3, 0.4) is 0 Å². The number of primary amides is 1. The van der Waals surface area contributed by atoms with Crippen LogP contribution in [-0.4, -0.2) is 47.5 Å². The first kappa shape index (κ1) is 22.7. The molecule has 1 rings (SSSR count). The highest BCUT2D eigenvalue weighted by molar-refractivity contribution is 5.92. The van der Waals surface area contributed by atoms with Crippen molar-refractivity contribution in [1.29, 1.82) is 0 Å². The van der Waals surface area contributed by atoms with Crippen LogP contribution in [0.25, 0.3) is 0 Å². The Bertz CT molecular complexity index is 532. The lowest BCUT2D eigenvalue weighted by Gasteiger charge is -2.24. The molecule has 9 nitrogen and oxygen atoms in total. The number of hydrogen-bond donors (Lipinski definition) is 5. The maximum atomic E-state index is 12.6. The third kappa shape index (κ3) is 8.74. The van der Waals surface area contributed by atoms with Crippen molar-refractivity contribution in [3.8, 4) is 0 Å². The molecule has 27 heavy (non-hydrogen) atoms. The number of rotatable bonds is 11. The van der Waals surface area contributed by atoms with Crippen LogP contribution in [0.15, 0.2) is 0 Å². The van der Waals surface area contributed by atoms with E-state index in [9.17, 15) is 19.2 Å². The molecule has 0 heterocycles. The van der Waals surface area contributed by atoms with Gasteiger partial charge in [0.25, 0.3) is 0 Å². The molecule has 1 aliphatic carbocycles. The highest BCUT2D eigenvalue weighted by atomic mass is 16.4. The van der Waals surface area contributed by atoms with E-state index < -0.39 is 30.0 Å². The fourth-order valence-electron chi connectivity index (χ4n) is 3.24. The SMILES string of the molecule is CC(C)CC(NC(=O)C(CCCNC(=O)O)NC(=O)C1CCCC1)C(N)=O. The van der Waals surface area contributed by atoms with E-state index in [1.54, 1.807) is 0 Å². The lowest BCUT2D eigenvalue weighted by atomic mass is 10.0. The smallest absolute Gasteiger partial charge is 0.404 e. The third-order valence-electron chi connectivity index (χ3n) is 4.67. The molecular formula is C18H32N4O5. The second kappa shape index (κ2) is 11.4. The van der Waals surface area contributed by atoms with Crippen LogP contribution >= 0.6 is 0 Å². The van der Waals surface area contributed by atoms with Gasteiger partial charge in [-0.25, -0.2) is 4.79 Å². The number of amides is 4. The molecule has 2 atom stereocenters. The molecule has 1 fully saturated rings. The van der Waals surface area contributed by atoms with E-state index >= 15 is 0 Å². The summed E-state index contributed by atoms with van der Waals surface area (Å²) in [7, 11) is 0. The van der Waals surface area contributed by atoms with Crippen molar-refractivity contribution < 1.29 is 24.3 Å². The minimum Gasteiger partial charge on any atom is -0.465 e. The minimum atomic E-state index is -1.14. The van der Waals surface area contributed by atoms with E-state index in [1.165, 1.54) is 0 Å². The average molecular weight is 384 g/mol. The number of hydrogen-bond acceptors (Lipinski definition) is 4. The van der Waals surface area contributed by atoms with E-state index in [0.717, 1.165) is 25.7 Å². The van der Waals surface area contributed by atoms with Crippen molar-refractivity contribution in [3.05, 3.63) is 0 Å². The summed E-state index contributed by atoms with van der Waals surface area (Å²) in [5, 5.41) is 16.3. The lowest BCUT2D eigenvalue weighted by molar-refractivity contribution is -0.133. The Labute approximate surface area is 159 Å². The summed E-state index contributed by atoms with van der Waals surface area (Å²) < 4.78 is 0. The van der Waals surface area contributed by atoms with Gasteiger partial charge in [-0.2, -0.15) is 0 Å². The zero-order valence-corrected chi connectivity index (χ0v) is 16.1. The van der Waals surface area contributed by atoms with Gasteiger partial charge in [0.05, 0.1) is 0 Å². The van der Waals surface area contributed by atoms with Gasteiger partial charge in [0.2, 0.25) is 17.7 Å². The van der Waals surface area contributed by atoms with Gasteiger partial charge in [-0.3, -0.25) is 14.4 Å². The number of nitrogens with one attached hydrogen (secondary N) is 3. The molecule has 0 aromatic carbocycles. The summed E-state index contributed by atoms with van der Waals surface area (Å²) in [6.07, 6.45) is 3.50. The zero-order valence-electron chi connectivity index (χ0n) is 16.1. The fourth-order valence-corrected chi connectivity index (χ4v) is 3.24. The molecule has 0 spiro atoms. The Morgan fingerprint density at radius 3 is 2.22 bits per heavy atom. The summed E-state index contributed by atoms with van der Waals surface area (Å²) in [5.74, 6) is -1.20.